The van der Waals surface area contributed by atoms with Crippen molar-refractivity contribution in [1.29, 1.82) is 0 Å². The van der Waals surface area contributed by atoms with E-state index < -0.39 is 71.9 Å². The van der Waals surface area contributed by atoms with E-state index in [9.17, 15) is 28.2 Å². The van der Waals surface area contributed by atoms with E-state index in [2.05, 4.69) is 10.6 Å². The molecule has 13 heteroatoms. The summed E-state index contributed by atoms with van der Waals surface area (Å²) in [5.74, 6) is -5.02. The van der Waals surface area contributed by atoms with Crippen LogP contribution in [0.15, 0.2) is 89.8 Å². The van der Waals surface area contributed by atoms with Crippen LogP contribution in [0.3, 0.4) is 0 Å². The number of aliphatic hydroxyl groups is 2. The Morgan fingerprint density at radius 1 is 0.896 bits per heavy atom. The summed E-state index contributed by atoms with van der Waals surface area (Å²) in [7, 11) is -3.06. The minimum Gasteiger partial charge on any atom is -0.453 e. The van der Waals surface area contributed by atoms with Gasteiger partial charge in [0.1, 0.15) is 6.04 Å². The molecule has 0 fully saturated rings. The quantitative estimate of drug-likeness (QED) is 0.152. The maximum absolute atomic E-state index is 15.4. The van der Waals surface area contributed by atoms with Crippen LogP contribution in [0.4, 0.5) is 13.6 Å². The van der Waals surface area contributed by atoms with Gasteiger partial charge in [-0.1, -0.05) is 86.6 Å². The van der Waals surface area contributed by atoms with Gasteiger partial charge in [0.2, 0.25) is 15.9 Å². The summed E-state index contributed by atoms with van der Waals surface area (Å²) < 4.78 is 63.9. The molecule has 0 aliphatic heterocycles. The van der Waals surface area contributed by atoms with Crippen LogP contribution in [-0.4, -0.2) is 79.7 Å². The molecule has 0 aliphatic carbocycles. The predicted octanol–water partition coefficient (Wildman–Crippen LogP) is 4.67. The molecule has 4 N–H and O–H groups in total. The number of carbonyl (C=O) groups excluding carboxylic acids is 2. The molecule has 0 bridgehead atoms. The lowest BCUT2D eigenvalue weighted by molar-refractivity contribution is -0.125. The highest BCUT2D eigenvalue weighted by atomic mass is 32.2. The van der Waals surface area contributed by atoms with Crippen LogP contribution in [0.1, 0.15) is 55.7 Å². The summed E-state index contributed by atoms with van der Waals surface area (Å²) in [5.41, 5.74) is 1.82. The van der Waals surface area contributed by atoms with E-state index in [1.165, 1.54) is 24.3 Å². The smallest absolute Gasteiger partial charge is 0.407 e. The van der Waals surface area contributed by atoms with Crippen LogP contribution in [0.5, 0.6) is 0 Å². The highest BCUT2D eigenvalue weighted by molar-refractivity contribution is 7.89. The Labute approximate surface area is 281 Å². The van der Waals surface area contributed by atoms with Crippen LogP contribution in [0.25, 0.3) is 0 Å². The molecule has 0 saturated heterocycles. The van der Waals surface area contributed by atoms with E-state index in [4.69, 9.17) is 4.74 Å². The fraction of sp³-hybridized carbons (Fsp3) is 0.429. The second-order valence-electron chi connectivity index (χ2n) is 12.0. The molecular weight excluding hydrogens is 644 g/mol. The summed E-state index contributed by atoms with van der Waals surface area (Å²) in [4.78, 5) is 25.8. The zero-order valence-electron chi connectivity index (χ0n) is 27.4. The third kappa shape index (κ3) is 10.8. The summed E-state index contributed by atoms with van der Waals surface area (Å²) in [5, 5.41) is 24.3. The van der Waals surface area contributed by atoms with Crippen molar-refractivity contribution < 1.29 is 41.7 Å². The van der Waals surface area contributed by atoms with Crippen LogP contribution >= 0.6 is 0 Å². The average Bonchev–Trinajstić information content (AvgIpc) is 3.09. The van der Waals surface area contributed by atoms with Crippen molar-refractivity contribution in [3.63, 3.8) is 0 Å². The topological polar surface area (TPSA) is 145 Å². The Morgan fingerprint density at radius 2 is 1.46 bits per heavy atom. The minimum atomic E-state index is -4.19. The third-order valence-electron chi connectivity index (χ3n) is 8.01. The number of ether oxygens (including phenoxy) is 1. The summed E-state index contributed by atoms with van der Waals surface area (Å²) in [6, 6.07) is 20.8. The van der Waals surface area contributed by atoms with Gasteiger partial charge >= 0.3 is 6.09 Å². The largest absolute Gasteiger partial charge is 0.453 e. The predicted molar refractivity (Wildman–Crippen MR) is 178 cm³/mol. The highest BCUT2D eigenvalue weighted by Crippen LogP contribution is 2.30. The number of alkyl halides is 2. The number of methoxy groups -OCH3 is 1. The van der Waals surface area contributed by atoms with Gasteiger partial charge in [0.15, 0.2) is 0 Å². The number of alkyl carbamates (subject to hydrolysis) is 1. The Kier molecular flexibility index (Phi) is 14.5. The van der Waals surface area contributed by atoms with Crippen molar-refractivity contribution in [3.8, 4) is 0 Å². The molecule has 48 heavy (non-hydrogen) atoms. The van der Waals surface area contributed by atoms with Crippen LogP contribution in [-0.2, 0) is 26.2 Å². The molecule has 0 aromatic heterocycles. The fourth-order valence-corrected chi connectivity index (χ4v) is 6.95. The number of nitrogens with one attached hydrogen (secondary N) is 2. The number of nitrogens with zero attached hydrogens (tertiary/aromatic N) is 1. The van der Waals surface area contributed by atoms with Gasteiger partial charge in [0.25, 0.3) is 5.92 Å². The number of halogens is 2. The highest BCUT2D eigenvalue weighted by Gasteiger charge is 2.38. The second kappa shape index (κ2) is 18.0. The molecule has 0 spiro atoms. The SMILES string of the molecule is COC(=O)N[C@H](C(=O)NCC(F)(F)CC[C@@H](CO)N(CCC(C)C)S(=O)(=O)c1ccc(CO)cc1)C(c1ccccc1)c1ccccc1. The monoisotopic (exact) mass is 689 g/mol. The van der Waals surface area contributed by atoms with Gasteiger partial charge in [-0.3, -0.25) is 4.79 Å². The molecule has 0 unspecified atom stereocenters. The molecule has 0 radical (unpaired) electrons. The maximum atomic E-state index is 15.4. The van der Waals surface area contributed by atoms with Crippen LogP contribution in [0.2, 0.25) is 0 Å². The fourth-order valence-electron chi connectivity index (χ4n) is 5.29. The molecule has 2 atom stereocenters. The zero-order valence-corrected chi connectivity index (χ0v) is 28.2. The first-order valence-electron chi connectivity index (χ1n) is 15.7. The lowest BCUT2D eigenvalue weighted by atomic mass is 9.84. The van der Waals surface area contributed by atoms with Crippen molar-refractivity contribution >= 4 is 22.0 Å². The summed E-state index contributed by atoms with van der Waals surface area (Å²) in [6.45, 7) is 1.72. The van der Waals surface area contributed by atoms with Gasteiger partial charge in [-0.25, -0.2) is 22.0 Å². The molecular formula is C35H45F2N3O7S. The van der Waals surface area contributed by atoms with Gasteiger partial charge in [0.05, 0.1) is 31.8 Å². The number of benzene rings is 3. The van der Waals surface area contributed by atoms with Gasteiger partial charge in [0, 0.05) is 24.9 Å². The number of hydrogen-bond donors (Lipinski definition) is 4. The van der Waals surface area contributed by atoms with Gasteiger partial charge in [-0.05, 0) is 47.6 Å². The number of hydrogen-bond acceptors (Lipinski definition) is 7. The zero-order chi connectivity index (χ0) is 35.3. The first-order chi connectivity index (χ1) is 22.8. The van der Waals surface area contributed by atoms with Crippen molar-refractivity contribution in [1.82, 2.24) is 14.9 Å². The molecule has 0 heterocycles. The molecule has 262 valence electrons. The van der Waals surface area contributed by atoms with Crippen molar-refractivity contribution in [2.24, 2.45) is 5.92 Å². The first-order valence-corrected chi connectivity index (χ1v) is 17.2. The van der Waals surface area contributed by atoms with E-state index in [0.717, 1.165) is 11.4 Å². The lowest BCUT2D eigenvalue weighted by Gasteiger charge is -2.32. The van der Waals surface area contributed by atoms with E-state index in [0.29, 0.717) is 23.1 Å². The number of rotatable bonds is 18. The Balaban J connectivity index is 1.80. The molecule has 0 aliphatic rings. The molecule has 0 saturated carbocycles. The number of amides is 2. The molecule has 10 nitrogen and oxygen atoms in total. The Morgan fingerprint density at radius 3 is 1.94 bits per heavy atom. The van der Waals surface area contributed by atoms with Crippen molar-refractivity contribution in [3.05, 3.63) is 102 Å². The Hall–Kier alpha value is -3.91. The number of sulfonamides is 1. The molecule has 3 aromatic rings. The second-order valence-corrected chi connectivity index (χ2v) is 13.9. The van der Waals surface area contributed by atoms with E-state index in [-0.39, 0.29) is 24.0 Å². The average molecular weight is 690 g/mol. The maximum Gasteiger partial charge on any atom is 0.407 e. The van der Waals surface area contributed by atoms with Crippen molar-refractivity contribution in [2.75, 3.05) is 26.8 Å². The minimum absolute atomic E-state index is 0.00345. The van der Waals surface area contributed by atoms with Crippen molar-refractivity contribution in [2.45, 2.75) is 68.5 Å². The van der Waals surface area contributed by atoms with E-state index >= 15 is 8.78 Å². The van der Waals surface area contributed by atoms with Crippen LogP contribution in [0, 0.1) is 5.92 Å². The molecule has 2 amide bonds. The Bertz CT molecular complexity index is 1500. The van der Waals surface area contributed by atoms with Gasteiger partial charge in [-0.15, -0.1) is 0 Å². The standard InChI is InChI=1S/C35H45F2N3O7S/c1-25(2)19-21-40(48(45,46)30-16-14-26(22-41)15-17-30)29(23-42)18-20-35(36,37)24-38-33(43)32(39-34(44)47-3)31(27-10-6-4-7-11-27)28-12-8-5-9-13-28/h4-17,25,29,31-32,41-42H,18-24H2,1-3H3,(H,38,43)(H,39,44)/t29-,32-/m0/s1. The van der Waals surface area contributed by atoms with Gasteiger partial charge in [-0.2, -0.15) is 4.31 Å². The normalized spacial score (nSPS) is 13.4. The lowest BCUT2D eigenvalue weighted by Crippen LogP contribution is -2.52. The molecule has 3 rings (SSSR count). The van der Waals surface area contributed by atoms with E-state index in [1.54, 1.807) is 60.7 Å². The summed E-state index contributed by atoms with van der Waals surface area (Å²) >= 11 is 0. The third-order valence-corrected chi connectivity index (χ3v) is 9.98. The number of aliphatic hydroxyl groups excluding tert-OH is 2. The van der Waals surface area contributed by atoms with Gasteiger partial charge < -0.3 is 25.6 Å². The first kappa shape index (κ1) is 38.5. The summed E-state index contributed by atoms with van der Waals surface area (Å²) in [6.07, 6.45) is -1.73. The van der Waals surface area contributed by atoms with E-state index in [1.807, 2.05) is 13.8 Å². The van der Waals surface area contributed by atoms with Crippen LogP contribution < -0.4 is 10.6 Å². The molecule has 3 aromatic carbocycles. The number of carbonyl (C=O) groups is 2.